The van der Waals surface area contributed by atoms with Gasteiger partial charge >= 0.3 is 0 Å². The zero-order valence-electron chi connectivity index (χ0n) is 11.6. The van der Waals surface area contributed by atoms with Gasteiger partial charge in [0, 0.05) is 20.1 Å². The Balaban J connectivity index is 2.81. The standard InChI is InChI=1S/C13H21N3O2S/c1-4-11(16-13(14-2)15-3)10-19(17,18)12-8-6-5-7-9-12/h5-9,11H,4,10H2,1-3H3,(H2,14,15,16). The number of rotatable bonds is 5. The lowest BCUT2D eigenvalue weighted by atomic mass is 10.3. The van der Waals surface area contributed by atoms with Crippen molar-refractivity contribution in [2.24, 2.45) is 4.99 Å². The van der Waals surface area contributed by atoms with Gasteiger partial charge in [-0.2, -0.15) is 0 Å². The molecule has 6 heteroatoms. The van der Waals surface area contributed by atoms with Gasteiger partial charge in [0.1, 0.15) is 0 Å². The number of nitrogens with zero attached hydrogens (tertiary/aromatic N) is 1. The molecule has 0 saturated heterocycles. The van der Waals surface area contributed by atoms with Gasteiger partial charge in [-0.15, -0.1) is 0 Å². The minimum Gasteiger partial charge on any atom is -0.359 e. The van der Waals surface area contributed by atoms with E-state index in [1.165, 1.54) is 0 Å². The van der Waals surface area contributed by atoms with Gasteiger partial charge in [-0.25, -0.2) is 8.42 Å². The Morgan fingerprint density at radius 1 is 1.32 bits per heavy atom. The summed E-state index contributed by atoms with van der Waals surface area (Å²) < 4.78 is 24.5. The maximum atomic E-state index is 12.3. The van der Waals surface area contributed by atoms with Crippen LogP contribution in [0, 0.1) is 0 Å². The van der Waals surface area contributed by atoms with Gasteiger partial charge < -0.3 is 10.6 Å². The zero-order valence-corrected chi connectivity index (χ0v) is 12.4. The van der Waals surface area contributed by atoms with Crippen LogP contribution in [0.15, 0.2) is 40.2 Å². The van der Waals surface area contributed by atoms with Crippen molar-refractivity contribution in [1.82, 2.24) is 10.6 Å². The van der Waals surface area contributed by atoms with Crippen molar-refractivity contribution in [2.75, 3.05) is 19.8 Å². The summed E-state index contributed by atoms with van der Waals surface area (Å²) >= 11 is 0. The molecule has 0 heterocycles. The van der Waals surface area contributed by atoms with Gasteiger partial charge in [0.25, 0.3) is 0 Å². The lowest BCUT2D eigenvalue weighted by Crippen LogP contribution is -2.44. The van der Waals surface area contributed by atoms with Gasteiger partial charge in [-0.1, -0.05) is 25.1 Å². The van der Waals surface area contributed by atoms with Crippen molar-refractivity contribution in [3.63, 3.8) is 0 Å². The molecule has 1 aromatic carbocycles. The summed E-state index contributed by atoms with van der Waals surface area (Å²) in [6, 6.07) is 8.33. The van der Waals surface area contributed by atoms with E-state index in [-0.39, 0.29) is 11.8 Å². The Morgan fingerprint density at radius 2 is 1.95 bits per heavy atom. The molecule has 5 nitrogen and oxygen atoms in total. The van der Waals surface area contributed by atoms with Gasteiger partial charge in [-0.3, -0.25) is 4.99 Å². The second-order valence-electron chi connectivity index (χ2n) is 4.17. The molecule has 0 aliphatic heterocycles. The Morgan fingerprint density at radius 3 is 2.42 bits per heavy atom. The average molecular weight is 283 g/mol. The maximum absolute atomic E-state index is 12.3. The highest BCUT2D eigenvalue weighted by atomic mass is 32.2. The minimum absolute atomic E-state index is 0.0498. The summed E-state index contributed by atoms with van der Waals surface area (Å²) in [4.78, 5) is 4.35. The molecule has 1 atom stereocenters. The van der Waals surface area contributed by atoms with Crippen molar-refractivity contribution in [3.05, 3.63) is 30.3 Å². The number of benzene rings is 1. The van der Waals surface area contributed by atoms with E-state index in [0.29, 0.717) is 17.3 Å². The van der Waals surface area contributed by atoms with Crippen LogP contribution in [0.5, 0.6) is 0 Å². The molecule has 0 fully saturated rings. The predicted octanol–water partition coefficient (Wildman–Crippen LogP) is 1.03. The first-order chi connectivity index (χ1) is 9.03. The average Bonchev–Trinajstić information content (AvgIpc) is 2.44. The quantitative estimate of drug-likeness (QED) is 0.625. The number of sulfone groups is 1. The van der Waals surface area contributed by atoms with E-state index >= 15 is 0 Å². The molecule has 0 amide bonds. The lowest BCUT2D eigenvalue weighted by molar-refractivity contribution is 0.570. The van der Waals surface area contributed by atoms with E-state index in [9.17, 15) is 8.42 Å². The summed E-state index contributed by atoms with van der Waals surface area (Å²) in [6.07, 6.45) is 0.701. The smallest absolute Gasteiger partial charge is 0.190 e. The SMILES string of the molecule is CCC(CS(=O)(=O)c1ccccc1)NC(=NC)NC. The fraction of sp³-hybridized carbons (Fsp3) is 0.462. The van der Waals surface area contributed by atoms with Crippen LogP contribution >= 0.6 is 0 Å². The molecule has 0 spiro atoms. The topological polar surface area (TPSA) is 70.6 Å². The zero-order chi connectivity index (χ0) is 14.3. The summed E-state index contributed by atoms with van der Waals surface area (Å²) in [6.45, 7) is 1.95. The number of hydrogen-bond donors (Lipinski definition) is 2. The highest BCUT2D eigenvalue weighted by Crippen LogP contribution is 2.12. The highest BCUT2D eigenvalue weighted by Gasteiger charge is 2.20. The van der Waals surface area contributed by atoms with Gasteiger partial charge in [0.05, 0.1) is 10.6 Å². The molecule has 0 bridgehead atoms. The Hall–Kier alpha value is -1.56. The first-order valence-electron chi connectivity index (χ1n) is 6.22. The second-order valence-corrected chi connectivity index (χ2v) is 6.20. The van der Waals surface area contributed by atoms with E-state index in [0.717, 1.165) is 0 Å². The maximum Gasteiger partial charge on any atom is 0.190 e. The van der Waals surface area contributed by atoms with Crippen molar-refractivity contribution >= 4 is 15.8 Å². The minimum atomic E-state index is -3.28. The molecule has 0 saturated carbocycles. The molecule has 19 heavy (non-hydrogen) atoms. The van der Waals surface area contributed by atoms with Crippen LogP contribution in [-0.2, 0) is 9.84 Å². The summed E-state index contributed by atoms with van der Waals surface area (Å²) in [5.41, 5.74) is 0. The third-order valence-electron chi connectivity index (χ3n) is 2.82. The van der Waals surface area contributed by atoms with Crippen molar-refractivity contribution < 1.29 is 8.42 Å². The summed E-state index contributed by atoms with van der Waals surface area (Å²) in [7, 11) is 0.115. The largest absolute Gasteiger partial charge is 0.359 e. The fourth-order valence-electron chi connectivity index (χ4n) is 1.69. The third-order valence-corrected chi connectivity index (χ3v) is 4.65. The number of aliphatic imine (C=N–C) groups is 1. The Bertz CT molecular complexity index is 512. The first-order valence-corrected chi connectivity index (χ1v) is 7.87. The van der Waals surface area contributed by atoms with Gasteiger partial charge in [0.15, 0.2) is 15.8 Å². The van der Waals surface area contributed by atoms with Crippen LogP contribution in [0.1, 0.15) is 13.3 Å². The predicted molar refractivity (Wildman–Crippen MR) is 78.1 cm³/mol. The molecule has 1 aromatic rings. The number of guanidine groups is 1. The van der Waals surface area contributed by atoms with Gasteiger partial charge in [0.2, 0.25) is 0 Å². The molecule has 0 aliphatic carbocycles. The lowest BCUT2D eigenvalue weighted by Gasteiger charge is -2.19. The van der Waals surface area contributed by atoms with Gasteiger partial charge in [-0.05, 0) is 18.6 Å². The highest BCUT2D eigenvalue weighted by molar-refractivity contribution is 7.91. The van der Waals surface area contributed by atoms with Crippen molar-refractivity contribution in [2.45, 2.75) is 24.3 Å². The van der Waals surface area contributed by atoms with Crippen LogP contribution in [-0.4, -0.2) is 40.3 Å². The molecule has 1 unspecified atom stereocenters. The van der Waals surface area contributed by atoms with Crippen LogP contribution < -0.4 is 10.6 Å². The molecule has 0 radical (unpaired) electrons. The van der Waals surface area contributed by atoms with E-state index in [1.807, 2.05) is 6.92 Å². The van der Waals surface area contributed by atoms with Crippen LogP contribution in [0.3, 0.4) is 0 Å². The molecule has 0 aliphatic rings. The normalized spacial score (nSPS) is 13.9. The van der Waals surface area contributed by atoms with E-state index in [4.69, 9.17) is 0 Å². The van der Waals surface area contributed by atoms with E-state index in [2.05, 4.69) is 15.6 Å². The van der Waals surface area contributed by atoms with Crippen LogP contribution in [0.25, 0.3) is 0 Å². The molecular formula is C13H21N3O2S. The molecule has 0 aromatic heterocycles. The molecular weight excluding hydrogens is 262 g/mol. The summed E-state index contributed by atoms with van der Waals surface area (Å²) in [5.74, 6) is 0.643. The molecule has 2 N–H and O–H groups in total. The van der Waals surface area contributed by atoms with E-state index in [1.54, 1.807) is 44.4 Å². The Kier molecular flexibility index (Phi) is 5.82. The number of hydrogen-bond acceptors (Lipinski definition) is 3. The van der Waals surface area contributed by atoms with Crippen LogP contribution in [0.2, 0.25) is 0 Å². The second kappa shape index (κ2) is 7.13. The third kappa shape index (κ3) is 4.55. The fourth-order valence-corrected chi connectivity index (χ4v) is 3.31. The molecule has 106 valence electrons. The first kappa shape index (κ1) is 15.5. The Labute approximate surface area is 115 Å². The summed E-state index contributed by atoms with van der Waals surface area (Å²) in [5, 5.41) is 5.97. The van der Waals surface area contributed by atoms with Crippen molar-refractivity contribution in [3.8, 4) is 0 Å². The van der Waals surface area contributed by atoms with Crippen molar-refractivity contribution in [1.29, 1.82) is 0 Å². The molecule has 1 rings (SSSR count). The monoisotopic (exact) mass is 283 g/mol. The number of nitrogens with one attached hydrogen (secondary N) is 2. The van der Waals surface area contributed by atoms with E-state index < -0.39 is 9.84 Å². The van der Waals surface area contributed by atoms with Crippen LogP contribution in [0.4, 0.5) is 0 Å².